The van der Waals surface area contributed by atoms with Crippen LogP contribution >= 0.6 is 15.9 Å². The summed E-state index contributed by atoms with van der Waals surface area (Å²) in [7, 11) is 1.67. The van der Waals surface area contributed by atoms with Crippen LogP contribution in [0.25, 0.3) is 0 Å². The number of nitrogens with two attached hydrogens (primary N) is 1. The molecular weight excluding hydrogens is 392 g/mol. The van der Waals surface area contributed by atoms with Gasteiger partial charge in [0.05, 0.1) is 7.11 Å². The molecule has 0 spiro atoms. The lowest BCUT2D eigenvalue weighted by molar-refractivity contribution is 0.414. The number of fused-ring (bicyclic) bond motifs is 1. The monoisotopic (exact) mass is 412 g/mol. The fourth-order valence-corrected chi connectivity index (χ4v) is 4.08. The van der Waals surface area contributed by atoms with Gasteiger partial charge >= 0.3 is 0 Å². The average molecular weight is 413 g/mol. The van der Waals surface area contributed by atoms with Crippen LogP contribution in [0.15, 0.2) is 63.0 Å². The van der Waals surface area contributed by atoms with Crippen molar-refractivity contribution in [3.05, 3.63) is 64.1 Å². The number of ether oxygens (including phenoxy) is 1. The number of halogens is 1. The maximum atomic E-state index is 6.35. The molecule has 2 aliphatic rings. The Morgan fingerprint density at radius 1 is 1.19 bits per heavy atom. The van der Waals surface area contributed by atoms with Crippen molar-refractivity contribution in [2.24, 2.45) is 21.6 Å². The van der Waals surface area contributed by atoms with Crippen molar-refractivity contribution in [2.45, 2.75) is 12.5 Å². The normalized spacial score (nSPS) is 24.7. The number of hydrogen-bond acceptors (Lipinski definition) is 5. The molecule has 0 radical (unpaired) electrons. The zero-order valence-corrected chi connectivity index (χ0v) is 16.4. The van der Waals surface area contributed by atoms with E-state index in [9.17, 15) is 0 Å². The molecule has 0 bridgehead atoms. The summed E-state index contributed by atoms with van der Waals surface area (Å²) in [5.74, 6) is 2.67. The van der Waals surface area contributed by atoms with Crippen LogP contribution in [0.2, 0.25) is 0 Å². The van der Waals surface area contributed by atoms with E-state index in [2.05, 4.69) is 39.9 Å². The molecule has 0 aromatic heterocycles. The van der Waals surface area contributed by atoms with E-state index in [1.54, 1.807) is 7.11 Å². The predicted molar refractivity (Wildman–Crippen MR) is 108 cm³/mol. The lowest BCUT2D eigenvalue weighted by atomic mass is 9.81. The Balaban J connectivity index is 1.96. The molecule has 2 aromatic rings. The van der Waals surface area contributed by atoms with Gasteiger partial charge in [0.1, 0.15) is 11.6 Å². The first-order chi connectivity index (χ1) is 12.5. The molecule has 0 aliphatic carbocycles. The van der Waals surface area contributed by atoms with E-state index in [1.807, 2.05) is 36.4 Å². The van der Waals surface area contributed by atoms with Crippen molar-refractivity contribution < 1.29 is 4.74 Å². The topological polar surface area (TPSA) is 63.2 Å². The van der Waals surface area contributed by atoms with Crippen molar-refractivity contribution in [1.82, 2.24) is 4.90 Å². The third kappa shape index (κ3) is 2.60. The summed E-state index contributed by atoms with van der Waals surface area (Å²) in [6, 6.07) is 16.2. The van der Waals surface area contributed by atoms with Crippen LogP contribution < -0.4 is 10.5 Å². The Bertz CT molecular complexity index is 893. The Morgan fingerprint density at radius 3 is 2.65 bits per heavy atom. The average Bonchev–Trinajstić information content (AvgIpc) is 2.95. The predicted octanol–water partition coefficient (Wildman–Crippen LogP) is 3.38. The highest BCUT2D eigenvalue weighted by Crippen LogP contribution is 2.42. The summed E-state index contributed by atoms with van der Waals surface area (Å²) in [5, 5.41) is 0. The van der Waals surface area contributed by atoms with E-state index >= 15 is 0 Å². The number of benzene rings is 2. The van der Waals surface area contributed by atoms with Gasteiger partial charge < -0.3 is 10.5 Å². The number of guanidine groups is 1. The highest BCUT2D eigenvalue weighted by atomic mass is 79.9. The van der Waals surface area contributed by atoms with Gasteiger partial charge in [0, 0.05) is 17.6 Å². The standard InChI is InChI=1S/C20H21BrN4O/c1-13-11-23-18-20(24-19(22)25(18)12-13,15-4-3-5-16(21)10-15)14-6-8-17(26-2)9-7-14/h3-10,13H,11-12H2,1-2H3,(H2,22,24). The van der Waals surface area contributed by atoms with E-state index < -0.39 is 5.54 Å². The second kappa shape index (κ2) is 6.43. The molecule has 2 unspecified atom stereocenters. The van der Waals surface area contributed by atoms with Crippen LogP contribution in [0.5, 0.6) is 5.75 Å². The maximum Gasteiger partial charge on any atom is 0.198 e. The maximum absolute atomic E-state index is 6.35. The number of nitrogens with zero attached hydrogens (tertiary/aromatic N) is 3. The molecular formula is C20H21BrN4O. The summed E-state index contributed by atoms with van der Waals surface area (Å²) < 4.78 is 6.32. The first kappa shape index (κ1) is 17.1. The van der Waals surface area contributed by atoms with E-state index in [-0.39, 0.29) is 0 Å². The van der Waals surface area contributed by atoms with E-state index in [1.165, 1.54) is 0 Å². The van der Waals surface area contributed by atoms with Crippen molar-refractivity contribution in [2.75, 3.05) is 20.2 Å². The van der Waals surface area contributed by atoms with E-state index in [0.717, 1.165) is 40.3 Å². The Kier molecular flexibility index (Phi) is 4.23. The molecule has 2 aliphatic heterocycles. The van der Waals surface area contributed by atoms with E-state index in [0.29, 0.717) is 11.9 Å². The van der Waals surface area contributed by atoms with Gasteiger partial charge in [0.15, 0.2) is 11.5 Å². The fourth-order valence-electron chi connectivity index (χ4n) is 3.68. The van der Waals surface area contributed by atoms with Crippen LogP contribution in [-0.2, 0) is 5.54 Å². The van der Waals surface area contributed by atoms with Crippen LogP contribution in [0.4, 0.5) is 0 Å². The number of rotatable bonds is 3. The lowest BCUT2D eigenvalue weighted by Gasteiger charge is -2.34. The molecule has 134 valence electrons. The molecule has 6 heteroatoms. The SMILES string of the molecule is COc1ccc(C2(c3cccc(Br)c3)N=C(N)N3CC(C)CN=C32)cc1. The zero-order valence-electron chi connectivity index (χ0n) is 14.8. The van der Waals surface area contributed by atoms with Crippen LogP contribution in [0.1, 0.15) is 18.1 Å². The molecule has 4 rings (SSSR count). The summed E-state index contributed by atoms with van der Waals surface area (Å²) in [6.45, 7) is 3.79. The Labute approximate surface area is 161 Å². The van der Waals surface area contributed by atoms with Gasteiger partial charge in [0.25, 0.3) is 0 Å². The second-order valence-electron chi connectivity index (χ2n) is 6.80. The number of aliphatic imine (C=N–C) groups is 2. The second-order valence-corrected chi connectivity index (χ2v) is 7.72. The minimum Gasteiger partial charge on any atom is -0.497 e. The Morgan fingerprint density at radius 2 is 1.96 bits per heavy atom. The molecule has 0 saturated carbocycles. The molecule has 2 atom stereocenters. The highest BCUT2D eigenvalue weighted by Gasteiger charge is 2.49. The largest absolute Gasteiger partial charge is 0.497 e. The van der Waals surface area contributed by atoms with Crippen LogP contribution in [-0.4, -0.2) is 36.9 Å². The van der Waals surface area contributed by atoms with Gasteiger partial charge in [-0.25, -0.2) is 4.99 Å². The molecule has 2 aromatic carbocycles. The van der Waals surface area contributed by atoms with Crippen LogP contribution in [0, 0.1) is 5.92 Å². The van der Waals surface area contributed by atoms with E-state index in [4.69, 9.17) is 20.5 Å². The van der Waals surface area contributed by atoms with Crippen molar-refractivity contribution in [1.29, 1.82) is 0 Å². The molecule has 2 N–H and O–H groups in total. The summed E-state index contributed by atoms with van der Waals surface area (Å²) in [6.07, 6.45) is 0. The molecule has 26 heavy (non-hydrogen) atoms. The highest BCUT2D eigenvalue weighted by molar-refractivity contribution is 9.10. The number of amidine groups is 1. The quantitative estimate of drug-likeness (QED) is 0.839. The number of hydrogen-bond donors (Lipinski definition) is 1. The van der Waals surface area contributed by atoms with Crippen LogP contribution in [0.3, 0.4) is 0 Å². The summed E-state index contributed by atoms with van der Waals surface area (Å²) >= 11 is 3.59. The zero-order chi connectivity index (χ0) is 18.3. The van der Waals surface area contributed by atoms with Crippen molar-refractivity contribution >= 4 is 27.7 Å². The van der Waals surface area contributed by atoms with Gasteiger partial charge in [-0.15, -0.1) is 0 Å². The minimum atomic E-state index is -0.736. The first-order valence-corrected chi connectivity index (χ1v) is 9.42. The van der Waals surface area contributed by atoms with Gasteiger partial charge in [0.2, 0.25) is 0 Å². The third-order valence-corrected chi connectivity index (χ3v) is 5.43. The third-order valence-electron chi connectivity index (χ3n) is 4.94. The Hall–Kier alpha value is -2.34. The van der Waals surface area contributed by atoms with Gasteiger partial charge in [-0.3, -0.25) is 9.89 Å². The summed E-state index contributed by atoms with van der Waals surface area (Å²) in [4.78, 5) is 11.9. The molecule has 0 fully saturated rings. The molecule has 2 heterocycles. The lowest BCUT2D eigenvalue weighted by Crippen LogP contribution is -2.48. The van der Waals surface area contributed by atoms with Gasteiger partial charge in [-0.1, -0.05) is 47.1 Å². The molecule has 0 saturated heterocycles. The fraction of sp³-hybridized carbons (Fsp3) is 0.300. The van der Waals surface area contributed by atoms with Gasteiger partial charge in [-0.2, -0.15) is 0 Å². The van der Waals surface area contributed by atoms with Gasteiger partial charge in [-0.05, 0) is 41.3 Å². The molecule has 5 nitrogen and oxygen atoms in total. The minimum absolute atomic E-state index is 0.446. The smallest absolute Gasteiger partial charge is 0.198 e. The number of methoxy groups -OCH3 is 1. The van der Waals surface area contributed by atoms with Crippen molar-refractivity contribution in [3.63, 3.8) is 0 Å². The molecule has 0 amide bonds. The summed E-state index contributed by atoms with van der Waals surface area (Å²) in [5.41, 5.74) is 7.68. The van der Waals surface area contributed by atoms with Crippen molar-refractivity contribution in [3.8, 4) is 5.75 Å². The first-order valence-electron chi connectivity index (χ1n) is 8.63.